The van der Waals surface area contributed by atoms with Crippen molar-refractivity contribution in [1.29, 1.82) is 0 Å². The normalized spacial score (nSPS) is 12.9. The highest BCUT2D eigenvalue weighted by molar-refractivity contribution is 9.10. The predicted molar refractivity (Wildman–Crippen MR) is 98.1 cm³/mol. The van der Waals surface area contributed by atoms with Crippen molar-refractivity contribution in [3.63, 3.8) is 0 Å². The van der Waals surface area contributed by atoms with Crippen LogP contribution in [0.4, 0.5) is 0 Å². The van der Waals surface area contributed by atoms with E-state index >= 15 is 0 Å². The van der Waals surface area contributed by atoms with Gasteiger partial charge in [-0.05, 0) is 61.2 Å². The molecule has 0 fully saturated rings. The Morgan fingerprint density at radius 1 is 1.19 bits per heavy atom. The second kappa shape index (κ2) is 7.57. The van der Waals surface area contributed by atoms with Crippen molar-refractivity contribution >= 4 is 27.3 Å². The number of aryl methyl sites for hydroxylation is 1. The van der Waals surface area contributed by atoms with Crippen LogP contribution >= 0.6 is 27.3 Å². The van der Waals surface area contributed by atoms with Crippen LogP contribution < -0.4 is 5.32 Å². The van der Waals surface area contributed by atoms with E-state index < -0.39 is 0 Å². The Morgan fingerprint density at radius 2 is 1.95 bits per heavy atom. The molecular weight excluding hydrogens is 342 g/mol. The van der Waals surface area contributed by atoms with E-state index in [0.717, 1.165) is 6.54 Å². The molecule has 0 saturated carbocycles. The summed E-state index contributed by atoms with van der Waals surface area (Å²) in [6.45, 7) is 10.0. The zero-order valence-corrected chi connectivity index (χ0v) is 15.6. The molecule has 21 heavy (non-hydrogen) atoms. The quantitative estimate of drug-likeness (QED) is 0.643. The van der Waals surface area contributed by atoms with Crippen molar-refractivity contribution in [3.8, 4) is 10.4 Å². The Balaban J connectivity index is 2.25. The smallest absolute Gasteiger partial charge is 0.0438 e. The third-order valence-corrected chi connectivity index (χ3v) is 5.76. The van der Waals surface area contributed by atoms with E-state index in [1.807, 2.05) is 11.3 Å². The molecule has 2 aromatic rings. The number of halogens is 1. The number of thiophene rings is 1. The first-order chi connectivity index (χ1) is 10.0. The summed E-state index contributed by atoms with van der Waals surface area (Å²) in [4.78, 5) is 2.79. The van der Waals surface area contributed by atoms with Crippen LogP contribution in [0, 0.1) is 12.8 Å². The van der Waals surface area contributed by atoms with E-state index in [4.69, 9.17) is 0 Å². The summed E-state index contributed by atoms with van der Waals surface area (Å²) in [6.07, 6.45) is 1.17. The van der Waals surface area contributed by atoms with Crippen LogP contribution in [0.25, 0.3) is 10.4 Å². The van der Waals surface area contributed by atoms with Crippen molar-refractivity contribution in [1.82, 2.24) is 5.32 Å². The summed E-state index contributed by atoms with van der Waals surface area (Å²) in [7, 11) is 0. The maximum atomic E-state index is 3.67. The molecule has 0 spiro atoms. The number of hydrogen-bond acceptors (Lipinski definition) is 2. The summed E-state index contributed by atoms with van der Waals surface area (Å²) < 4.78 is 1.17. The Bertz CT molecular complexity index is 589. The highest BCUT2D eigenvalue weighted by Gasteiger charge is 2.17. The van der Waals surface area contributed by atoms with Gasteiger partial charge in [0, 0.05) is 20.3 Å². The first-order valence-corrected chi connectivity index (χ1v) is 9.23. The molecule has 1 nitrogen and oxygen atoms in total. The molecule has 1 unspecified atom stereocenters. The minimum absolute atomic E-state index is 0.459. The molecule has 0 amide bonds. The lowest BCUT2D eigenvalue weighted by molar-refractivity contribution is 0.418. The number of benzene rings is 1. The molecule has 1 heterocycles. The van der Waals surface area contributed by atoms with Crippen LogP contribution in [0.15, 0.2) is 34.8 Å². The zero-order chi connectivity index (χ0) is 15.4. The Hall–Kier alpha value is -0.640. The lowest BCUT2D eigenvalue weighted by atomic mass is 10.0. The van der Waals surface area contributed by atoms with E-state index in [1.165, 1.54) is 31.8 Å². The van der Waals surface area contributed by atoms with Crippen LogP contribution in [0.3, 0.4) is 0 Å². The first-order valence-electron chi connectivity index (χ1n) is 7.62. The molecule has 0 aliphatic heterocycles. The molecule has 0 aliphatic carbocycles. The fourth-order valence-corrected chi connectivity index (χ4v) is 3.94. The predicted octanol–water partition coefficient (Wildman–Crippen LogP) is 6.18. The minimum atomic E-state index is 0.459. The molecule has 1 atom stereocenters. The lowest BCUT2D eigenvalue weighted by Crippen LogP contribution is -2.25. The van der Waals surface area contributed by atoms with Crippen LogP contribution in [0.2, 0.25) is 0 Å². The van der Waals surface area contributed by atoms with Gasteiger partial charge >= 0.3 is 0 Å². The molecule has 3 heteroatoms. The van der Waals surface area contributed by atoms with Crippen LogP contribution in [-0.4, -0.2) is 6.54 Å². The summed E-state index contributed by atoms with van der Waals surface area (Å²) >= 11 is 5.48. The van der Waals surface area contributed by atoms with E-state index in [2.05, 4.69) is 79.3 Å². The van der Waals surface area contributed by atoms with Gasteiger partial charge < -0.3 is 5.32 Å². The Kier molecular flexibility index (Phi) is 6.03. The second-order valence-corrected chi connectivity index (χ2v) is 7.81. The fraction of sp³-hybridized carbons (Fsp3) is 0.444. The van der Waals surface area contributed by atoms with Crippen molar-refractivity contribution in [3.05, 3.63) is 45.2 Å². The van der Waals surface area contributed by atoms with Crippen molar-refractivity contribution in [2.75, 3.05) is 6.54 Å². The van der Waals surface area contributed by atoms with Gasteiger partial charge in [0.15, 0.2) is 0 Å². The van der Waals surface area contributed by atoms with Gasteiger partial charge in [-0.25, -0.2) is 0 Å². The minimum Gasteiger partial charge on any atom is -0.309 e. The second-order valence-electron chi connectivity index (χ2n) is 5.84. The van der Waals surface area contributed by atoms with E-state index in [-0.39, 0.29) is 0 Å². The summed E-state index contributed by atoms with van der Waals surface area (Å²) in [5, 5.41) is 3.67. The van der Waals surface area contributed by atoms with E-state index in [0.29, 0.717) is 12.0 Å². The Labute approximate surface area is 140 Å². The van der Waals surface area contributed by atoms with E-state index in [9.17, 15) is 0 Å². The number of hydrogen-bond donors (Lipinski definition) is 1. The molecule has 1 aromatic heterocycles. The van der Waals surface area contributed by atoms with Gasteiger partial charge in [-0.15, -0.1) is 11.3 Å². The van der Waals surface area contributed by atoms with Gasteiger partial charge in [0.1, 0.15) is 0 Å². The molecular formula is C18H24BrNS. The largest absolute Gasteiger partial charge is 0.309 e. The van der Waals surface area contributed by atoms with Crippen molar-refractivity contribution in [2.24, 2.45) is 5.92 Å². The van der Waals surface area contributed by atoms with Crippen LogP contribution in [0.5, 0.6) is 0 Å². The van der Waals surface area contributed by atoms with Gasteiger partial charge in [-0.2, -0.15) is 0 Å². The number of nitrogens with one attached hydrogen (secondary N) is 1. The Morgan fingerprint density at radius 3 is 2.57 bits per heavy atom. The van der Waals surface area contributed by atoms with Crippen molar-refractivity contribution < 1.29 is 0 Å². The third kappa shape index (κ3) is 4.18. The lowest BCUT2D eigenvalue weighted by Gasteiger charge is -2.20. The fourth-order valence-electron chi connectivity index (χ4n) is 2.44. The summed E-state index contributed by atoms with van der Waals surface area (Å²) in [5.74, 6) is 0.606. The average molecular weight is 366 g/mol. The van der Waals surface area contributed by atoms with Gasteiger partial charge in [0.2, 0.25) is 0 Å². The monoisotopic (exact) mass is 365 g/mol. The SMILES string of the molecule is CCCNC(c1ccc(-c2ccc(Br)c(C)c2)s1)C(C)C. The topological polar surface area (TPSA) is 12.0 Å². The molecule has 0 aliphatic rings. The van der Waals surface area contributed by atoms with E-state index in [1.54, 1.807) is 0 Å². The molecule has 0 saturated heterocycles. The molecule has 1 aromatic carbocycles. The van der Waals surface area contributed by atoms with Crippen LogP contribution in [0.1, 0.15) is 43.7 Å². The average Bonchev–Trinajstić information content (AvgIpc) is 2.91. The zero-order valence-electron chi connectivity index (χ0n) is 13.2. The first kappa shape index (κ1) is 16.7. The third-order valence-electron chi connectivity index (χ3n) is 3.66. The molecule has 0 radical (unpaired) electrons. The van der Waals surface area contributed by atoms with Gasteiger partial charge in [0.05, 0.1) is 0 Å². The standard InChI is InChI=1S/C18H24BrNS/c1-5-10-20-18(12(2)3)17-9-8-16(21-17)14-6-7-15(19)13(4)11-14/h6-9,11-12,18,20H,5,10H2,1-4H3. The highest BCUT2D eigenvalue weighted by Crippen LogP contribution is 2.35. The maximum Gasteiger partial charge on any atom is 0.0438 e. The summed E-state index contributed by atoms with van der Waals surface area (Å²) in [6, 6.07) is 11.6. The van der Waals surface area contributed by atoms with Crippen molar-refractivity contribution in [2.45, 2.75) is 40.2 Å². The highest BCUT2D eigenvalue weighted by atomic mass is 79.9. The van der Waals surface area contributed by atoms with Crippen LogP contribution in [-0.2, 0) is 0 Å². The molecule has 0 bridgehead atoms. The van der Waals surface area contributed by atoms with Gasteiger partial charge in [-0.3, -0.25) is 0 Å². The maximum absolute atomic E-state index is 3.67. The van der Waals surface area contributed by atoms with Gasteiger partial charge in [0.25, 0.3) is 0 Å². The number of rotatable bonds is 6. The molecule has 2 rings (SSSR count). The molecule has 114 valence electrons. The van der Waals surface area contributed by atoms with Gasteiger partial charge in [-0.1, -0.05) is 42.8 Å². The molecule has 1 N–H and O–H groups in total. The summed E-state index contributed by atoms with van der Waals surface area (Å²) in [5.41, 5.74) is 2.59.